The SMILES string of the molecule is CC(C)(C)c1cccc(N2CN(c3cccc(Oc4ccc5c6cc(-c7cccc([Si](c8ccccc8)(c8ccccc8)c8ccccc8)c7)ccc6n(-c6cc(-c7ccc(C(C)(C)C)cc7C(C)(C)C)ccn6)c5c4)c3)c3cc(C(C)(C)C)ccc32)c1. The van der Waals surface area contributed by atoms with Crippen LogP contribution in [-0.2, 0) is 21.7 Å². The Kier molecular flexibility index (Phi) is 14.6. The Morgan fingerprint density at radius 2 is 0.920 bits per heavy atom. The van der Waals surface area contributed by atoms with Crippen LogP contribution in [0.2, 0.25) is 0 Å². The molecule has 13 rings (SSSR count). The maximum absolute atomic E-state index is 7.07. The van der Waals surface area contributed by atoms with E-state index in [1.165, 1.54) is 71.2 Å². The molecule has 0 N–H and O–H groups in total. The van der Waals surface area contributed by atoms with Gasteiger partial charge in [0.2, 0.25) is 0 Å². The molecule has 12 aromatic rings. The molecule has 10 aromatic carbocycles. The molecular formula is C82H80N4OSi. The number of hydrogen-bond acceptors (Lipinski definition) is 4. The van der Waals surface area contributed by atoms with E-state index in [0.717, 1.165) is 55.9 Å². The van der Waals surface area contributed by atoms with E-state index in [1.54, 1.807) is 0 Å². The normalized spacial score (nSPS) is 13.1. The second kappa shape index (κ2) is 22.2. The van der Waals surface area contributed by atoms with Gasteiger partial charge in [0, 0.05) is 40.5 Å². The molecule has 3 heterocycles. The number of nitrogens with zero attached hydrogens (tertiary/aromatic N) is 4. The van der Waals surface area contributed by atoms with E-state index in [-0.39, 0.29) is 21.7 Å². The summed E-state index contributed by atoms with van der Waals surface area (Å²) in [6.45, 7) is 28.2. The fourth-order valence-corrected chi connectivity index (χ4v) is 18.0. The van der Waals surface area contributed by atoms with E-state index in [2.05, 4.69) is 346 Å². The minimum absolute atomic E-state index is 0.0129. The molecule has 0 bridgehead atoms. The Labute approximate surface area is 522 Å². The maximum Gasteiger partial charge on any atom is 0.179 e. The van der Waals surface area contributed by atoms with Gasteiger partial charge in [0.15, 0.2) is 8.07 Å². The lowest BCUT2D eigenvalue weighted by molar-refractivity contribution is 0.483. The van der Waals surface area contributed by atoms with Crippen LogP contribution >= 0.6 is 0 Å². The Bertz CT molecular complexity index is 4460. The van der Waals surface area contributed by atoms with E-state index >= 15 is 0 Å². The van der Waals surface area contributed by atoms with Crippen molar-refractivity contribution in [3.63, 3.8) is 0 Å². The molecule has 5 nitrogen and oxygen atoms in total. The van der Waals surface area contributed by atoms with Crippen LogP contribution in [0.25, 0.3) is 49.9 Å². The fraction of sp³-hybridized carbons (Fsp3) is 0.207. The van der Waals surface area contributed by atoms with E-state index < -0.39 is 8.07 Å². The number of rotatable bonds is 11. The molecule has 0 saturated heterocycles. The smallest absolute Gasteiger partial charge is 0.179 e. The number of benzene rings is 10. The second-order valence-electron chi connectivity index (χ2n) is 28.2. The first-order valence-electron chi connectivity index (χ1n) is 31.2. The summed E-state index contributed by atoms with van der Waals surface area (Å²) in [7, 11) is -2.80. The number of fused-ring (bicyclic) bond motifs is 4. The standard InChI is InChI=1S/C82H80N4OSi/c1-79(2,3)59-26-23-27-62(50-59)84-55-85(77-52-61(81(7,8)9)39-44-75(77)84)63-28-24-29-64(53-63)87-65-40-42-71-72-48-57(56-25-22-36-69(47-56)88(66-30-16-13-17-31-66,67-32-18-14-19-33-67)68-34-20-15-21-35-68)37-43-74(72)86(76(71)54-65)78-49-58(45-46-83-78)70-41-38-60(80(4,5)6)51-73(70)82(10,11)12/h13-54H,55H2,1-12H3. The van der Waals surface area contributed by atoms with Crippen LogP contribution in [0.3, 0.4) is 0 Å². The highest BCUT2D eigenvalue weighted by Gasteiger charge is 2.41. The molecule has 0 fully saturated rings. The molecule has 0 amide bonds. The Morgan fingerprint density at radius 1 is 0.364 bits per heavy atom. The topological polar surface area (TPSA) is 33.5 Å². The highest BCUT2D eigenvalue weighted by Crippen LogP contribution is 2.48. The predicted molar refractivity (Wildman–Crippen MR) is 376 cm³/mol. The number of hydrogen-bond donors (Lipinski definition) is 0. The summed E-state index contributed by atoms with van der Waals surface area (Å²) in [6, 6.07) is 92.6. The van der Waals surface area contributed by atoms with Crippen molar-refractivity contribution in [1.82, 2.24) is 9.55 Å². The van der Waals surface area contributed by atoms with E-state index in [9.17, 15) is 0 Å². The summed E-state index contributed by atoms with van der Waals surface area (Å²) >= 11 is 0. The van der Waals surface area contributed by atoms with Gasteiger partial charge < -0.3 is 14.5 Å². The molecular weight excluding hydrogens is 1090 g/mol. The summed E-state index contributed by atoms with van der Waals surface area (Å²) in [5, 5.41) is 7.64. The maximum atomic E-state index is 7.07. The van der Waals surface area contributed by atoms with E-state index in [4.69, 9.17) is 9.72 Å². The zero-order chi connectivity index (χ0) is 61.3. The summed E-state index contributed by atoms with van der Waals surface area (Å²) in [5.74, 6) is 2.35. The van der Waals surface area contributed by atoms with Crippen molar-refractivity contribution in [3.05, 3.63) is 277 Å². The molecule has 0 aliphatic carbocycles. The molecule has 88 heavy (non-hydrogen) atoms. The van der Waals surface area contributed by atoms with Crippen LogP contribution < -0.4 is 35.3 Å². The second-order valence-corrected chi connectivity index (χ2v) is 32.0. The van der Waals surface area contributed by atoms with Crippen molar-refractivity contribution in [3.8, 4) is 39.6 Å². The third-order valence-electron chi connectivity index (χ3n) is 18.1. The fourth-order valence-electron chi connectivity index (χ4n) is 13.2. The van der Waals surface area contributed by atoms with Gasteiger partial charge in [0.1, 0.15) is 24.0 Å². The first kappa shape index (κ1) is 57.8. The highest BCUT2D eigenvalue weighted by molar-refractivity contribution is 7.19. The minimum Gasteiger partial charge on any atom is -0.457 e. The molecule has 0 radical (unpaired) electrons. The third kappa shape index (κ3) is 10.7. The van der Waals surface area contributed by atoms with Gasteiger partial charge in [-0.2, -0.15) is 0 Å². The van der Waals surface area contributed by atoms with Crippen molar-refractivity contribution in [2.45, 2.75) is 105 Å². The summed E-state index contributed by atoms with van der Waals surface area (Å²) in [5.41, 5.74) is 16.5. The minimum atomic E-state index is -2.80. The van der Waals surface area contributed by atoms with Crippen LogP contribution in [0.5, 0.6) is 11.5 Å². The third-order valence-corrected chi connectivity index (χ3v) is 22.8. The molecule has 2 aromatic heterocycles. The lowest BCUT2D eigenvalue weighted by Gasteiger charge is -2.34. The van der Waals surface area contributed by atoms with Gasteiger partial charge in [-0.05, 0) is 160 Å². The van der Waals surface area contributed by atoms with Gasteiger partial charge in [0.25, 0.3) is 0 Å². The Morgan fingerprint density at radius 3 is 1.57 bits per heavy atom. The molecule has 0 atom stereocenters. The van der Waals surface area contributed by atoms with Crippen LogP contribution in [0.4, 0.5) is 22.7 Å². The van der Waals surface area contributed by atoms with E-state index in [0.29, 0.717) is 6.67 Å². The summed E-state index contributed by atoms with van der Waals surface area (Å²) < 4.78 is 9.41. The van der Waals surface area contributed by atoms with E-state index in [1.807, 2.05) is 6.20 Å². The molecule has 0 unspecified atom stereocenters. The average molecular weight is 1170 g/mol. The van der Waals surface area contributed by atoms with Gasteiger partial charge in [0.05, 0.1) is 22.4 Å². The Balaban J connectivity index is 0.942. The number of anilines is 4. The van der Waals surface area contributed by atoms with Crippen molar-refractivity contribution < 1.29 is 4.74 Å². The van der Waals surface area contributed by atoms with Crippen molar-refractivity contribution in [2.24, 2.45) is 0 Å². The van der Waals surface area contributed by atoms with Crippen molar-refractivity contribution in [1.29, 1.82) is 0 Å². The van der Waals surface area contributed by atoms with Gasteiger partial charge in [-0.15, -0.1) is 0 Å². The van der Waals surface area contributed by atoms with Gasteiger partial charge in [-0.1, -0.05) is 247 Å². The van der Waals surface area contributed by atoms with Crippen LogP contribution in [-0.4, -0.2) is 24.3 Å². The summed E-state index contributed by atoms with van der Waals surface area (Å²) in [6.07, 6.45) is 1.98. The first-order valence-corrected chi connectivity index (χ1v) is 33.2. The van der Waals surface area contributed by atoms with Gasteiger partial charge >= 0.3 is 0 Å². The highest BCUT2D eigenvalue weighted by atomic mass is 28.3. The monoisotopic (exact) mass is 1160 g/mol. The average Bonchev–Trinajstić information content (AvgIpc) is 1.79. The molecule has 1 aliphatic rings. The molecule has 0 saturated carbocycles. The first-order chi connectivity index (χ1) is 42.1. The predicted octanol–water partition coefficient (Wildman–Crippen LogP) is 19.1. The molecule has 0 spiro atoms. The molecule has 1 aliphatic heterocycles. The Hall–Kier alpha value is -9.23. The van der Waals surface area contributed by atoms with Crippen molar-refractivity contribution >= 4 is 73.4 Å². The van der Waals surface area contributed by atoms with Crippen LogP contribution in [0.15, 0.2) is 255 Å². The quantitative estimate of drug-likeness (QED) is 0.0955. The van der Waals surface area contributed by atoms with Crippen LogP contribution in [0, 0.1) is 0 Å². The van der Waals surface area contributed by atoms with Crippen LogP contribution in [0.1, 0.15) is 105 Å². The largest absolute Gasteiger partial charge is 0.457 e. The molecule has 6 heteroatoms. The zero-order valence-electron chi connectivity index (χ0n) is 53.2. The summed E-state index contributed by atoms with van der Waals surface area (Å²) in [4.78, 5) is 10.1. The lowest BCUT2D eigenvalue weighted by Crippen LogP contribution is -2.74. The number of ether oxygens (including phenoxy) is 1. The number of aromatic nitrogens is 2. The van der Waals surface area contributed by atoms with Crippen molar-refractivity contribution in [2.75, 3.05) is 16.5 Å². The zero-order valence-corrected chi connectivity index (χ0v) is 54.2. The number of pyridine rings is 1. The molecule has 438 valence electrons. The lowest BCUT2D eigenvalue weighted by atomic mass is 9.77. The van der Waals surface area contributed by atoms with Gasteiger partial charge in [-0.25, -0.2) is 4.98 Å². The van der Waals surface area contributed by atoms with Gasteiger partial charge in [-0.3, -0.25) is 4.57 Å².